The molecule has 0 heterocycles. The van der Waals surface area contributed by atoms with Gasteiger partial charge in [-0.25, -0.2) is 0 Å². The van der Waals surface area contributed by atoms with Crippen LogP contribution >= 0.6 is 0 Å². The maximum absolute atomic E-state index is 11.8. The summed E-state index contributed by atoms with van der Waals surface area (Å²) in [6.45, 7) is 7.48. The molecule has 1 unspecified atom stereocenters. The van der Waals surface area contributed by atoms with Gasteiger partial charge in [0, 0.05) is 5.54 Å². The summed E-state index contributed by atoms with van der Waals surface area (Å²) >= 11 is 0. The topological polar surface area (TPSA) is 64.3 Å². The summed E-state index contributed by atoms with van der Waals surface area (Å²) in [7, 11) is 0. The number of carbonyl (C=O) groups excluding carboxylic acids is 1. The Hall–Kier alpha value is -1.71. The molecule has 3 N–H and O–H groups in total. The van der Waals surface area contributed by atoms with Gasteiger partial charge in [0.1, 0.15) is 5.75 Å². The molecular weight excluding hydrogens is 216 g/mol. The van der Waals surface area contributed by atoms with Gasteiger partial charge < -0.3 is 15.8 Å². The van der Waals surface area contributed by atoms with Gasteiger partial charge in [0.2, 0.25) is 0 Å². The monoisotopic (exact) mass is 236 g/mol. The minimum atomic E-state index is -0.570. The Morgan fingerprint density at radius 2 is 1.94 bits per heavy atom. The standard InChI is InChI=1S/C13H20N2O2/c1-9(12(16)15-13(2,3)4)17-11-8-6-5-7-10(11)14/h5-9H,14H2,1-4H3,(H,15,16). The van der Waals surface area contributed by atoms with E-state index in [9.17, 15) is 4.79 Å². The van der Waals surface area contributed by atoms with Gasteiger partial charge in [-0.2, -0.15) is 0 Å². The van der Waals surface area contributed by atoms with Crippen molar-refractivity contribution >= 4 is 11.6 Å². The minimum absolute atomic E-state index is 0.152. The number of benzene rings is 1. The molecule has 1 atom stereocenters. The molecule has 4 heteroatoms. The summed E-state index contributed by atoms with van der Waals surface area (Å²) in [6.07, 6.45) is -0.570. The minimum Gasteiger partial charge on any atom is -0.479 e. The molecule has 0 radical (unpaired) electrons. The van der Waals surface area contributed by atoms with E-state index in [1.807, 2.05) is 32.9 Å². The fourth-order valence-electron chi connectivity index (χ4n) is 1.30. The molecule has 94 valence electrons. The highest BCUT2D eigenvalue weighted by molar-refractivity contribution is 5.81. The van der Waals surface area contributed by atoms with Crippen LogP contribution in [0.4, 0.5) is 5.69 Å². The third-order valence-electron chi connectivity index (χ3n) is 2.09. The van der Waals surface area contributed by atoms with E-state index in [1.165, 1.54) is 0 Å². The SMILES string of the molecule is CC(Oc1ccccc1N)C(=O)NC(C)(C)C. The highest BCUT2D eigenvalue weighted by atomic mass is 16.5. The largest absolute Gasteiger partial charge is 0.479 e. The summed E-state index contributed by atoms with van der Waals surface area (Å²) < 4.78 is 5.52. The summed E-state index contributed by atoms with van der Waals surface area (Å²) in [6, 6.07) is 7.13. The summed E-state index contributed by atoms with van der Waals surface area (Å²) in [4.78, 5) is 11.8. The van der Waals surface area contributed by atoms with Crippen LogP contribution in [0.1, 0.15) is 27.7 Å². The number of nitrogens with two attached hydrogens (primary N) is 1. The van der Waals surface area contributed by atoms with Crippen LogP contribution < -0.4 is 15.8 Å². The molecule has 17 heavy (non-hydrogen) atoms. The number of nitrogen functional groups attached to an aromatic ring is 1. The van der Waals surface area contributed by atoms with E-state index in [2.05, 4.69) is 5.32 Å². The van der Waals surface area contributed by atoms with Crippen LogP contribution in [0.15, 0.2) is 24.3 Å². The third kappa shape index (κ3) is 4.34. The second-order valence-corrected chi connectivity index (χ2v) is 5.04. The number of hydrogen-bond donors (Lipinski definition) is 2. The zero-order chi connectivity index (χ0) is 13.1. The summed E-state index contributed by atoms with van der Waals surface area (Å²) in [5, 5.41) is 2.85. The lowest BCUT2D eigenvalue weighted by molar-refractivity contribution is -0.128. The zero-order valence-electron chi connectivity index (χ0n) is 10.8. The van der Waals surface area contributed by atoms with Crippen molar-refractivity contribution in [2.75, 3.05) is 5.73 Å². The van der Waals surface area contributed by atoms with Crippen LogP contribution in [0.3, 0.4) is 0 Å². The first-order chi connectivity index (χ1) is 7.79. The smallest absolute Gasteiger partial charge is 0.261 e. The number of ether oxygens (including phenoxy) is 1. The summed E-state index contributed by atoms with van der Waals surface area (Å²) in [5.41, 5.74) is 6.00. The van der Waals surface area contributed by atoms with Crippen LogP contribution in [0, 0.1) is 0 Å². The summed E-state index contributed by atoms with van der Waals surface area (Å²) in [5.74, 6) is 0.379. The quantitative estimate of drug-likeness (QED) is 0.788. The van der Waals surface area contributed by atoms with Crippen LogP contribution in [-0.2, 0) is 4.79 Å². The molecule has 0 spiro atoms. The Kier molecular flexibility index (Phi) is 3.99. The lowest BCUT2D eigenvalue weighted by Crippen LogP contribution is -2.46. The van der Waals surface area contributed by atoms with Crippen LogP contribution in [0.2, 0.25) is 0 Å². The van der Waals surface area contributed by atoms with Crippen molar-refractivity contribution in [2.24, 2.45) is 0 Å². The molecule has 0 aliphatic heterocycles. The predicted molar refractivity (Wildman–Crippen MR) is 68.8 cm³/mol. The lowest BCUT2D eigenvalue weighted by Gasteiger charge is -2.23. The Morgan fingerprint density at radius 3 is 2.47 bits per heavy atom. The number of rotatable bonds is 3. The van der Waals surface area contributed by atoms with Crippen LogP contribution in [0.5, 0.6) is 5.75 Å². The van der Waals surface area contributed by atoms with E-state index in [0.29, 0.717) is 11.4 Å². The second-order valence-electron chi connectivity index (χ2n) is 5.04. The molecule has 0 saturated heterocycles. The van der Waals surface area contributed by atoms with Crippen molar-refractivity contribution in [3.63, 3.8) is 0 Å². The van der Waals surface area contributed by atoms with E-state index in [4.69, 9.17) is 10.5 Å². The van der Waals surface area contributed by atoms with Gasteiger partial charge in [0.15, 0.2) is 6.10 Å². The first-order valence-electron chi connectivity index (χ1n) is 5.63. The third-order valence-corrected chi connectivity index (χ3v) is 2.09. The Balaban J connectivity index is 2.64. The van der Waals surface area contributed by atoms with Gasteiger partial charge in [-0.1, -0.05) is 12.1 Å². The fraction of sp³-hybridized carbons (Fsp3) is 0.462. The molecule has 4 nitrogen and oxygen atoms in total. The molecule has 0 aliphatic carbocycles. The molecule has 0 fully saturated rings. The highest BCUT2D eigenvalue weighted by Gasteiger charge is 2.20. The maximum Gasteiger partial charge on any atom is 0.261 e. The highest BCUT2D eigenvalue weighted by Crippen LogP contribution is 2.21. The molecule has 0 bridgehead atoms. The van der Waals surface area contributed by atoms with Crippen molar-refractivity contribution in [1.82, 2.24) is 5.32 Å². The van der Waals surface area contributed by atoms with Crippen molar-refractivity contribution in [3.05, 3.63) is 24.3 Å². The van der Waals surface area contributed by atoms with Crippen molar-refractivity contribution in [1.29, 1.82) is 0 Å². The number of para-hydroxylation sites is 2. The van der Waals surface area contributed by atoms with E-state index in [1.54, 1.807) is 19.1 Å². The first kappa shape index (κ1) is 13.4. The average molecular weight is 236 g/mol. The molecule has 1 rings (SSSR count). The van der Waals surface area contributed by atoms with Gasteiger partial charge in [0.25, 0.3) is 5.91 Å². The van der Waals surface area contributed by atoms with Gasteiger partial charge in [-0.15, -0.1) is 0 Å². The zero-order valence-corrected chi connectivity index (χ0v) is 10.8. The van der Waals surface area contributed by atoms with Gasteiger partial charge in [0.05, 0.1) is 5.69 Å². The van der Waals surface area contributed by atoms with Crippen LogP contribution in [-0.4, -0.2) is 17.6 Å². The van der Waals surface area contributed by atoms with E-state index < -0.39 is 6.10 Å². The number of anilines is 1. The Morgan fingerprint density at radius 1 is 1.35 bits per heavy atom. The van der Waals surface area contributed by atoms with E-state index in [0.717, 1.165) is 0 Å². The van der Waals surface area contributed by atoms with Crippen LogP contribution in [0.25, 0.3) is 0 Å². The average Bonchev–Trinajstić information content (AvgIpc) is 2.18. The second kappa shape index (κ2) is 5.08. The van der Waals surface area contributed by atoms with Crippen molar-refractivity contribution in [2.45, 2.75) is 39.3 Å². The normalized spacial score (nSPS) is 12.9. The molecule has 0 saturated carbocycles. The van der Waals surface area contributed by atoms with Gasteiger partial charge in [-0.05, 0) is 39.8 Å². The molecule has 0 aliphatic rings. The Bertz CT molecular complexity index is 397. The fourth-order valence-corrected chi connectivity index (χ4v) is 1.30. The van der Waals surface area contributed by atoms with E-state index in [-0.39, 0.29) is 11.4 Å². The van der Waals surface area contributed by atoms with E-state index >= 15 is 0 Å². The Labute approximate surface area is 102 Å². The van der Waals surface area contributed by atoms with Crippen molar-refractivity contribution < 1.29 is 9.53 Å². The number of nitrogens with one attached hydrogen (secondary N) is 1. The molecule has 1 aromatic carbocycles. The molecular formula is C13H20N2O2. The maximum atomic E-state index is 11.8. The number of carbonyl (C=O) groups is 1. The number of amides is 1. The van der Waals surface area contributed by atoms with Gasteiger partial charge >= 0.3 is 0 Å². The lowest BCUT2D eigenvalue weighted by atomic mass is 10.1. The first-order valence-corrected chi connectivity index (χ1v) is 5.63. The molecule has 1 amide bonds. The molecule has 1 aromatic rings. The van der Waals surface area contributed by atoms with Gasteiger partial charge in [-0.3, -0.25) is 4.79 Å². The molecule has 0 aromatic heterocycles. The predicted octanol–water partition coefficient (Wildman–Crippen LogP) is 1.95. The van der Waals surface area contributed by atoms with Crippen molar-refractivity contribution in [3.8, 4) is 5.75 Å². The number of hydrogen-bond acceptors (Lipinski definition) is 3.